The molecule has 2 aliphatic heterocycles. The minimum atomic E-state index is -0.435. The molecule has 0 radical (unpaired) electrons. The lowest BCUT2D eigenvalue weighted by Gasteiger charge is -2.24. The summed E-state index contributed by atoms with van der Waals surface area (Å²) in [5.41, 5.74) is 0. The summed E-state index contributed by atoms with van der Waals surface area (Å²) in [6.07, 6.45) is 1.10. The maximum absolute atomic E-state index is 11.7. The molecule has 2 aliphatic rings. The Morgan fingerprint density at radius 2 is 2.25 bits per heavy atom. The molecule has 3 N–H and O–H groups in total. The molecule has 0 bridgehead atoms. The Hall–Kier alpha value is -1.24. The number of carbonyl (C=O) groups excluding carboxylic acids is 3. The van der Waals surface area contributed by atoms with Crippen molar-refractivity contribution in [2.45, 2.75) is 24.9 Å². The van der Waals surface area contributed by atoms with E-state index in [0.717, 1.165) is 11.8 Å². The number of piperidine rings is 1. The summed E-state index contributed by atoms with van der Waals surface area (Å²) in [5, 5.41) is 7.93. The van der Waals surface area contributed by atoms with Crippen molar-refractivity contribution in [1.29, 1.82) is 0 Å². The third kappa shape index (κ3) is 2.66. The first kappa shape index (κ1) is 11.3. The van der Waals surface area contributed by atoms with Gasteiger partial charge in [0.25, 0.3) is 5.24 Å². The van der Waals surface area contributed by atoms with E-state index in [1.807, 2.05) is 0 Å². The molecular formula is C9H13N3O3S. The molecule has 16 heavy (non-hydrogen) atoms. The summed E-state index contributed by atoms with van der Waals surface area (Å²) in [4.78, 5) is 33.5. The molecule has 0 aliphatic carbocycles. The van der Waals surface area contributed by atoms with E-state index in [0.29, 0.717) is 25.1 Å². The summed E-state index contributed by atoms with van der Waals surface area (Å²) in [5.74, 6) is 0.332. The molecule has 88 valence electrons. The zero-order chi connectivity index (χ0) is 11.5. The van der Waals surface area contributed by atoms with Crippen molar-refractivity contribution in [3.63, 3.8) is 0 Å². The van der Waals surface area contributed by atoms with Gasteiger partial charge in [0.1, 0.15) is 6.04 Å². The molecule has 2 saturated heterocycles. The Bertz CT molecular complexity index is 324. The molecule has 3 amide bonds. The van der Waals surface area contributed by atoms with Crippen LogP contribution in [-0.4, -0.2) is 41.4 Å². The average Bonchev–Trinajstić information content (AvgIpc) is 2.68. The van der Waals surface area contributed by atoms with Crippen molar-refractivity contribution in [2.24, 2.45) is 0 Å². The maximum atomic E-state index is 11.7. The van der Waals surface area contributed by atoms with Crippen molar-refractivity contribution in [1.82, 2.24) is 16.0 Å². The van der Waals surface area contributed by atoms with Crippen LogP contribution in [0.15, 0.2) is 0 Å². The van der Waals surface area contributed by atoms with Crippen LogP contribution in [0.5, 0.6) is 0 Å². The predicted octanol–water partition coefficient (Wildman–Crippen LogP) is -0.794. The van der Waals surface area contributed by atoms with Gasteiger partial charge >= 0.3 is 0 Å². The third-order valence-corrected chi connectivity index (χ3v) is 3.48. The third-order valence-electron chi connectivity index (χ3n) is 2.60. The van der Waals surface area contributed by atoms with E-state index in [1.54, 1.807) is 0 Å². The first-order valence-corrected chi connectivity index (χ1v) is 6.14. The van der Waals surface area contributed by atoms with Gasteiger partial charge in [-0.05, 0) is 6.42 Å². The molecule has 2 heterocycles. The Balaban J connectivity index is 1.79. The van der Waals surface area contributed by atoms with Crippen LogP contribution in [0.1, 0.15) is 12.8 Å². The molecule has 2 fully saturated rings. The van der Waals surface area contributed by atoms with E-state index in [4.69, 9.17) is 0 Å². The molecular weight excluding hydrogens is 230 g/mol. The normalized spacial score (nSPS) is 29.5. The fraction of sp³-hybridized carbons (Fsp3) is 0.667. The van der Waals surface area contributed by atoms with E-state index in [2.05, 4.69) is 16.0 Å². The second-order valence-corrected chi connectivity index (χ2v) is 4.84. The molecule has 6 nitrogen and oxygen atoms in total. The average molecular weight is 243 g/mol. The van der Waals surface area contributed by atoms with Crippen LogP contribution in [0.25, 0.3) is 0 Å². The van der Waals surface area contributed by atoms with Gasteiger partial charge in [-0.1, -0.05) is 11.8 Å². The van der Waals surface area contributed by atoms with E-state index >= 15 is 0 Å². The number of carbonyl (C=O) groups is 3. The minimum Gasteiger partial charge on any atom is -0.354 e. The fourth-order valence-electron chi connectivity index (χ4n) is 1.68. The molecule has 0 aromatic carbocycles. The summed E-state index contributed by atoms with van der Waals surface area (Å²) in [7, 11) is 0. The summed E-state index contributed by atoms with van der Waals surface area (Å²) >= 11 is 1.12. The Morgan fingerprint density at radius 3 is 2.81 bits per heavy atom. The molecule has 2 rings (SSSR count). The number of rotatable bonds is 2. The minimum absolute atomic E-state index is 0.0206. The van der Waals surface area contributed by atoms with Gasteiger partial charge in [-0.3, -0.25) is 14.4 Å². The van der Waals surface area contributed by atoms with Gasteiger partial charge in [-0.15, -0.1) is 0 Å². The lowest BCUT2D eigenvalue weighted by molar-refractivity contribution is -0.126. The molecule has 0 spiro atoms. The van der Waals surface area contributed by atoms with Crippen LogP contribution in [-0.2, 0) is 9.59 Å². The van der Waals surface area contributed by atoms with Gasteiger partial charge in [0.15, 0.2) is 0 Å². The highest BCUT2D eigenvalue weighted by molar-refractivity contribution is 8.14. The Labute approximate surface area is 96.9 Å². The standard InChI is InChI=1S/C9H13N3O3S/c13-7-2-1-5(3-10-7)11-8(14)6-4-16-9(15)12-6/h5-6H,1-4H2,(H,10,13)(H,11,14)(H,12,15). The maximum Gasteiger partial charge on any atom is 0.279 e. The van der Waals surface area contributed by atoms with E-state index in [-0.39, 0.29) is 23.1 Å². The molecule has 0 aromatic heterocycles. The fourth-order valence-corrected chi connectivity index (χ4v) is 2.46. The molecule has 0 saturated carbocycles. The highest BCUT2D eigenvalue weighted by Gasteiger charge is 2.30. The largest absolute Gasteiger partial charge is 0.354 e. The molecule has 0 aromatic rings. The number of hydrogen-bond acceptors (Lipinski definition) is 4. The molecule has 2 unspecified atom stereocenters. The summed E-state index contributed by atoms with van der Waals surface area (Å²) in [6, 6.07) is -0.456. The quantitative estimate of drug-likeness (QED) is 0.593. The van der Waals surface area contributed by atoms with Crippen molar-refractivity contribution in [3.05, 3.63) is 0 Å². The van der Waals surface area contributed by atoms with E-state index < -0.39 is 6.04 Å². The van der Waals surface area contributed by atoms with Gasteiger partial charge in [-0.25, -0.2) is 0 Å². The number of hydrogen-bond donors (Lipinski definition) is 3. The summed E-state index contributed by atoms with van der Waals surface area (Å²) in [6.45, 7) is 0.471. The van der Waals surface area contributed by atoms with Crippen LogP contribution >= 0.6 is 11.8 Å². The monoisotopic (exact) mass is 243 g/mol. The Morgan fingerprint density at radius 1 is 1.44 bits per heavy atom. The Kier molecular flexibility index (Phi) is 3.33. The van der Waals surface area contributed by atoms with Gasteiger partial charge in [-0.2, -0.15) is 0 Å². The van der Waals surface area contributed by atoms with Crippen LogP contribution in [0.4, 0.5) is 4.79 Å². The lowest BCUT2D eigenvalue weighted by atomic mass is 10.1. The van der Waals surface area contributed by atoms with Crippen LogP contribution in [0, 0.1) is 0 Å². The summed E-state index contributed by atoms with van der Waals surface area (Å²) < 4.78 is 0. The highest BCUT2D eigenvalue weighted by Crippen LogP contribution is 2.13. The van der Waals surface area contributed by atoms with Crippen LogP contribution in [0.3, 0.4) is 0 Å². The topological polar surface area (TPSA) is 87.3 Å². The predicted molar refractivity (Wildman–Crippen MR) is 59.0 cm³/mol. The van der Waals surface area contributed by atoms with Crippen molar-refractivity contribution in [2.75, 3.05) is 12.3 Å². The zero-order valence-corrected chi connectivity index (χ0v) is 9.43. The van der Waals surface area contributed by atoms with Gasteiger partial charge < -0.3 is 16.0 Å². The number of nitrogens with one attached hydrogen (secondary N) is 3. The van der Waals surface area contributed by atoms with Crippen LogP contribution in [0.2, 0.25) is 0 Å². The van der Waals surface area contributed by atoms with E-state index in [1.165, 1.54) is 0 Å². The first-order valence-electron chi connectivity index (χ1n) is 5.15. The van der Waals surface area contributed by atoms with Crippen molar-refractivity contribution >= 4 is 28.8 Å². The zero-order valence-electron chi connectivity index (χ0n) is 8.62. The van der Waals surface area contributed by atoms with E-state index in [9.17, 15) is 14.4 Å². The molecule has 2 atom stereocenters. The van der Waals surface area contributed by atoms with Gasteiger partial charge in [0.2, 0.25) is 11.8 Å². The van der Waals surface area contributed by atoms with Crippen molar-refractivity contribution < 1.29 is 14.4 Å². The smallest absolute Gasteiger partial charge is 0.279 e. The number of amides is 3. The SMILES string of the molecule is O=C1CCC(NC(=O)C2CSC(=O)N2)CN1. The highest BCUT2D eigenvalue weighted by atomic mass is 32.2. The molecule has 7 heteroatoms. The second-order valence-electron chi connectivity index (χ2n) is 3.84. The van der Waals surface area contributed by atoms with Gasteiger partial charge in [0, 0.05) is 24.8 Å². The second kappa shape index (κ2) is 4.73. The van der Waals surface area contributed by atoms with Crippen LogP contribution < -0.4 is 16.0 Å². The van der Waals surface area contributed by atoms with Crippen molar-refractivity contribution in [3.8, 4) is 0 Å². The number of thioether (sulfide) groups is 1. The van der Waals surface area contributed by atoms with Gasteiger partial charge in [0.05, 0.1) is 0 Å². The first-order chi connectivity index (χ1) is 7.65. The lowest BCUT2D eigenvalue weighted by Crippen LogP contribution is -2.52.